The summed E-state index contributed by atoms with van der Waals surface area (Å²) in [5.41, 5.74) is 3.50. The van der Waals surface area contributed by atoms with Gasteiger partial charge in [-0.25, -0.2) is 9.78 Å². The van der Waals surface area contributed by atoms with Gasteiger partial charge >= 0.3 is 6.09 Å². The number of ether oxygens (including phenoxy) is 1. The Hall–Kier alpha value is -3.15. The van der Waals surface area contributed by atoms with E-state index in [1.54, 1.807) is 12.3 Å². The number of nitrogens with one attached hydrogen (secondary N) is 1. The van der Waals surface area contributed by atoms with E-state index in [1.807, 2.05) is 13.0 Å². The highest BCUT2D eigenvalue weighted by molar-refractivity contribution is 5.88. The molecule has 140 valence electrons. The number of amides is 1. The Kier molecular flexibility index (Phi) is 5.86. The lowest BCUT2D eigenvalue weighted by Gasteiger charge is -2.16. The molecular formula is C21H24N4O2. The average molecular weight is 364 g/mol. The molecule has 1 atom stereocenters. The fourth-order valence-electron chi connectivity index (χ4n) is 2.90. The molecule has 0 spiro atoms. The van der Waals surface area contributed by atoms with Gasteiger partial charge in [0, 0.05) is 6.20 Å². The predicted octanol–water partition coefficient (Wildman–Crippen LogP) is 4.59. The van der Waals surface area contributed by atoms with Gasteiger partial charge in [-0.3, -0.25) is 4.90 Å². The minimum absolute atomic E-state index is 0.0282. The Morgan fingerprint density at radius 2 is 2.07 bits per heavy atom. The molecule has 1 aromatic heterocycles. The summed E-state index contributed by atoms with van der Waals surface area (Å²) < 4.78 is 4.96. The first-order valence-corrected chi connectivity index (χ1v) is 9.01. The summed E-state index contributed by atoms with van der Waals surface area (Å²) in [7, 11) is 0. The number of hydrogen-bond donors (Lipinski definition) is 1. The highest BCUT2D eigenvalue weighted by Gasteiger charge is 2.25. The van der Waals surface area contributed by atoms with E-state index in [1.165, 1.54) is 10.5 Å². The van der Waals surface area contributed by atoms with Crippen LogP contribution in [0.5, 0.6) is 0 Å². The maximum Gasteiger partial charge on any atom is 0.415 e. The molecule has 6 heteroatoms. The van der Waals surface area contributed by atoms with Gasteiger partial charge < -0.3 is 10.1 Å². The summed E-state index contributed by atoms with van der Waals surface area (Å²) in [4.78, 5) is 21.9. The lowest BCUT2D eigenvalue weighted by Crippen LogP contribution is -2.25. The topological polar surface area (TPSA) is 67.3 Å². The summed E-state index contributed by atoms with van der Waals surface area (Å²) in [5, 5.41) is 3.29. The number of nitrogens with zero attached hydrogens (tertiary/aromatic N) is 3. The quantitative estimate of drug-likeness (QED) is 0.760. The van der Waals surface area contributed by atoms with Crippen LogP contribution in [0.25, 0.3) is 6.08 Å². The molecule has 6 nitrogen and oxygen atoms in total. The minimum atomic E-state index is -0.371. The molecule has 0 bridgehead atoms. The van der Waals surface area contributed by atoms with Gasteiger partial charge in [0.1, 0.15) is 12.4 Å². The molecule has 2 heterocycles. The summed E-state index contributed by atoms with van der Waals surface area (Å²) >= 11 is 0. The van der Waals surface area contributed by atoms with Gasteiger partial charge in [-0.15, -0.1) is 0 Å². The number of carbonyl (C=O) groups is 1. The Morgan fingerprint density at radius 3 is 2.74 bits per heavy atom. The maximum atomic E-state index is 11.7. The van der Waals surface area contributed by atoms with Crippen molar-refractivity contribution in [1.82, 2.24) is 9.97 Å². The highest BCUT2D eigenvalue weighted by Crippen LogP contribution is 2.21. The Bertz CT molecular complexity index is 859. The van der Waals surface area contributed by atoms with Crippen LogP contribution >= 0.6 is 0 Å². The molecule has 1 aromatic carbocycles. The molecule has 2 aromatic rings. The highest BCUT2D eigenvalue weighted by atomic mass is 16.6. The monoisotopic (exact) mass is 364 g/mol. The van der Waals surface area contributed by atoms with Crippen molar-refractivity contribution >= 4 is 23.9 Å². The van der Waals surface area contributed by atoms with E-state index in [0.29, 0.717) is 24.9 Å². The first kappa shape index (κ1) is 18.6. The molecule has 1 fully saturated rings. The lowest BCUT2D eigenvalue weighted by atomic mass is 10.0. The van der Waals surface area contributed by atoms with Crippen LogP contribution in [0.4, 0.5) is 16.6 Å². The van der Waals surface area contributed by atoms with Gasteiger partial charge in [-0.05, 0) is 38.0 Å². The van der Waals surface area contributed by atoms with Crippen molar-refractivity contribution in [2.45, 2.75) is 26.8 Å². The molecule has 3 rings (SSSR count). The molecule has 0 saturated carbocycles. The predicted molar refractivity (Wildman–Crippen MR) is 108 cm³/mol. The summed E-state index contributed by atoms with van der Waals surface area (Å²) in [5.74, 6) is 1.02. The molecule has 1 amide bonds. The SMILES string of the molecule is C/C=C\C(C)=C/c1ccc(C(C)Nc2nccc(N3CCOC3=O)n2)cc1. The zero-order valence-electron chi connectivity index (χ0n) is 15.8. The van der Waals surface area contributed by atoms with Crippen LogP contribution in [0.3, 0.4) is 0 Å². The zero-order chi connectivity index (χ0) is 19.2. The molecule has 1 N–H and O–H groups in total. The Balaban J connectivity index is 1.69. The summed E-state index contributed by atoms with van der Waals surface area (Å²) in [6, 6.07) is 10.1. The number of rotatable bonds is 6. The van der Waals surface area contributed by atoms with Gasteiger partial charge in [0.25, 0.3) is 0 Å². The normalized spacial score (nSPS) is 15.9. The second-order valence-corrected chi connectivity index (χ2v) is 6.43. The maximum absolute atomic E-state index is 11.7. The van der Waals surface area contributed by atoms with E-state index in [2.05, 4.69) is 65.5 Å². The summed E-state index contributed by atoms with van der Waals surface area (Å²) in [6.07, 6.45) is 7.52. The number of aromatic nitrogens is 2. The first-order chi connectivity index (χ1) is 13.1. The van der Waals surface area contributed by atoms with Crippen LogP contribution in [0.2, 0.25) is 0 Å². The molecule has 0 radical (unpaired) electrons. The molecular weight excluding hydrogens is 340 g/mol. The Morgan fingerprint density at radius 1 is 1.30 bits per heavy atom. The molecule has 27 heavy (non-hydrogen) atoms. The molecule has 1 aliphatic rings. The lowest BCUT2D eigenvalue weighted by molar-refractivity contribution is 0.181. The van der Waals surface area contributed by atoms with Crippen LogP contribution in [-0.2, 0) is 4.74 Å². The second kappa shape index (κ2) is 8.49. The van der Waals surface area contributed by atoms with Gasteiger partial charge in [-0.2, -0.15) is 4.98 Å². The number of anilines is 2. The molecule has 1 aliphatic heterocycles. The van der Waals surface area contributed by atoms with Crippen molar-refractivity contribution in [3.63, 3.8) is 0 Å². The number of benzene rings is 1. The van der Waals surface area contributed by atoms with Crippen molar-refractivity contribution in [3.05, 3.63) is 65.4 Å². The fourth-order valence-corrected chi connectivity index (χ4v) is 2.90. The van der Waals surface area contributed by atoms with Crippen LogP contribution in [0.1, 0.15) is 37.9 Å². The standard InChI is InChI=1S/C21H24N4O2/c1-4-5-15(2)14-17-6-8-18(9-7-17)16(3)23-20-22-11-10-19(24-20)25-12-13-27-21(25)26/h4-11,14,16H,12-13H2,1-3H3,(H,22,23,24)/b5-4-,15-14-. The number of allylic oxidation sites excluding steroid dienone is 3. The van der Waals surface area contributed by atoms with Gasteiger partial charge in [0.05, 0.1) is 12.6 Å². The van der Waals surface area contributed by atoms with Crippen LogP contribution < -0.4 is 10.2 Å². The van der Waals surface area contributed by atoms with Crippen LogP contribution in [0.15, 0.2) is 54.3 Å². The van der Waals surface area contributed by atoms with Crippen molar-refractivity contribution in [2.24, 2.45) is 0 Å². The van der Waals surface area contributed by atoms with E-state index in [0.717, 1.165) is 11.1 Å². The summed E-state index contributed by atoms with van der Waals surface area (Å²) in [6.45, 7) is 7.04. The van der Waals surface area contributed by atoms with Gasteiger partial charge in [-0.1, -0.05) is 48.1 Å². The number of carbonyl (C=O) groups excluding carboxylic acids is 1. The minimum Gasteiger partial charge on any atom is -0.447 e. The number of hydrogen-bond acceptors (Lipinski definition) is 5. The number of cyclic esters (lactones) is 1. The third kappa shape index (κ3) is 4.73. The molecule has 1 saturated heterocycles. The molecule has 0 aliphatic carbocycles. The van der Waals surface area contributed by atoms with Crippen molar-refractivity contribution in [3.8, 4) is 0 Å². The third-order valence-corrected chi connectivity index (χ3v) is 4.28. The van der Waals surface area contributed by atoms with E-state index in [4.69, 9.17) is 4.74 Å². The van der Waals surface area contributed by atoms with Crippen molar-refractivity contribution in [2.75, 3.05) is 23.4 Å². The fraction of sp³-hybridized carbons (Fsp3) is 0.286. The largest absolute Gasteiger partial charge is 0.447 e. The molecule has 1 unspecified atom stereocenters. The smallest absolute Gasteiger partial charge is 0.415 e. The Labute approximate surface area is 159 Å². The average Bonchev–Trinajstić information content (AvgIpc) is 3.08. The third-order valence-electron chi connectivity index (χ3n) is 4.28. The van der Waals surface area contributed by atoms with Crippen LogP contribution in [0, 0.1) is 0 Å². The van der Waals surface area contributed by atoms with E-state index < -0.39 is 0 Å². The van der Waals surface area contributed by atoms with Crippen molar-refractivity contribution in [1.29, 1.82) is 0 Å². The first-order valence-electron chi connectivity index (χ1n) is 9.01. The zero-order valence-corrected chi connectivity index (χ0v) is 15.8. The van der Waals surface area contributed by atoms with E-state index in [9.17, 15) is 4.79 Å². The van der Waals surface area contributed by atoms with Gasteiger partial charge in [0.15, 0.2) is 0 Å². The van der Waals surface area contributed by atoms with E-state index in [-0.39, 0.29) is 12.1 Å². The van der Waals surface area contributed by atoms with Crippen LogP contribution in [-0.4, -0.2) is 29.2 Å². The van der Waals surface area contributed by atoms with E-state index >= 15 is 0 Å². The second-order valence-electron chi connectivity index (χ2n) is 6.43. The van der Waals surface area contributed by atoms with Gasteiger partial charge in [0.2, 0.25) is 5.95 Å². The van der Waals surface area contributed by atoms with Crippen molar-refractivity contribution < 1.29 is 9.53 Å².